The van der Waals surface area contributed by atoms with Gasteiger partial charge in [0.05, 0.1) is 0 Å². The van der Waals surface area contributed by atoms with Gasteiger partial charge in [-0.05, 0) is 43.1 Å². The monoisotopic (exact) mass is 207 g/mol. The molecule has 1 aromatic carbocycles. The Morgan fingerprint density at radius 2 is 2.00 bits per heavy atom. The van der Waals surface area contributed by atoms with Crippen molar-refractivity contribution in [3.05, 3.63) is 34.4 Å². The maximum absolute atomic E-state index is 3.41. The molecule has 2 rings (SSSR count). The van der Waals surface area contributed by atoms with Crippen LogP contribution < -0.4 is 5.32 Å². The van der Waals surface area contributed by atoms with E-state index in [0.29, 0.717) is 6.04 Å². The first-order valence-electron chi connectivity index (χ1n) is 5.08. The smallest absolute Gasteiger partial charge is 0.0415 e. The zero-order valence-corrected chi connectivity index (χ0v) is 9.87. The van der Waals surface area contributed by atoms with E-state index in [1.807, 2.05) is 11.8 Å². The van der Waals surface area contributed by atoms with Crippen LogP contribution >= 0.6 is 11.8 Å². The van der Waals surface area contributed by atoms with E-state index in [2.05, 4.69) is 38.3 Å². The molecule has 1 aliphatic rings. The second-order valence-corrected chi connectivity index (χ2v) is 4.98. The summed E-state index contributed by atoms with van der Waals surface area (Å²) in [5, 5.41) is 3.41. The van der Waals surface area contributed by atoms with Crippen LogP contribution in [0.3, 0.4) is 0 Å². The third-order valence-electron chi connectivity index (χ3n) is 3.04. The third-order valence-corrected chi connectivity index (χ3v) is 4.10. The normalized spacial score (nSPS) is 20.6. The lowest BCUT2D eigenvalue weighted by molar-refractivity contribution is 0.646. The molecule has 14 heavy (non-hydrogen) atoms. The molecule has 0 fully saturated rings. The van der Waals surface area contributed by atoms with E-state index in [4.69, 9.17) is 0 Å². The molecular weight excluding hydrogens is 190 g/mol. The second-order valence-electron chi connectivity index (χ2n) is 3.95. The van der Waals surface area contributed by atoms with Crippen molar-refractivity contribution in [1.82, 2.24) is 5.32 Å². The first-order chi connectivity index (χ1) is 6.74. The molecule has 0 saturated carbocycles. The highest BCUT2D eigenvalue weighted by atomic mass is 32.2. The Labute approximate surface area is 90.3 Å². The summed E-state index contributed by atoms with van der Waals surface area (Å²) in [6, 6.07) is 5.03. The molecule has 1 N–H and O–H groups in total. The summed E-state index contributed by atoms with van der Waals surface area (Å²) in [6.45, 7) is 4.44. The summed E-state index contributed by atoms with van der Waals surface area (Å²) >= 11 is 2.03. The van der Waals surface area contributed by atoms with Gasteiger partial charge in [-0.1, -0.05) is 12.1 Å². The molecule has 2 heteroatoms. The molecule has 0 radical (unpaired) electrons. The standard InChI is InChI=1S/C12H17NS/c1-8-4-5-9(2)12-10(8)6-14-7-11(12)13-3/h4-5,11,13H,6-7H2,1-3H3. The lowest BCUT2D eigenvalue weighted by atomic mass is 9.93. The van der Waals surface area contributed by atoms with Gasteiger partial charge < -0.3 is 5.32 Å². The molecule has 1 aliphatic heterocycles. The fraction of sp³-hybridized carbons (Fsp3) is 0.500. The Morgan fingerprint density at radius 3 is 2.71 bits per heavy atom. The van der Waals surface area contributed by atoms with Gasteiger partial charge in [0.25, 0.3) is 0 Å². The highest BCUT2D eigenvalue weighted by molar-refractivity contribution is 7.98. The van der Waals surface area contributed by atoms with Crippen molar-refractivity contribution in [3.63, 3.8) is 0 Å². The summed E-state index contributed by atoms with van der Waals surface area (Å²) in [7, 11) is 2.06. The number of hydrogen-bond acceptors (Lipinski definition) is 2. The fourth-order valence-electron chi connectivity index (χ4n) is 2.16. The second kappa shape index (κ2) is 3.95. The van der Waals surface area contributed by atoms with Crippen LogP contribution in [0.4, 0.5) is 0 Å². The van der Waals surface area contributed by atoms with E-state index in [-0.39, 0.29) is 0 Å². The molecule has 76 valence electrons. The zero-order valence-electron chi connectivity index (χ0n) is 9.05. The number of rotatable bonds is 1. The quantitative estimate of drug-likeness (QED) is 0.760. The van der Waals surface area contributed by atoms with Crippen molar-refractivity contribution in [2.24, 2.45) is 0 Å². The van der Waals surface area contributed by atoms with E-state index >= 15 is 0 Å². The molecule has 0 amide bonds. The number of thioether (sulfide) groups is 1. The summed E-state index contributed by atoms with van der Waals surface area (Å²) < 4.78 is 0. The number of fused-ring (bicyclic) bond motifs is 1. The largest absolute Gasteiger partial charge is 0.312 e. The Bertz CT molecular complexity index is 346. The van der Waals surface area contributed by atoms with Crippen LogP contribution in [0, 0.1) is 13.8 Å². The molecule has 1 atom stereocenters. The first-order valence-corrected chi connectivity index (χ1v) is 6.23. The van der Waals surface area contributed by atoms with Gasteiger partial charge >= 0.3 is 0 Å². The van der Waals surface area contributed by atoms with Crippen LogP contribution in [-0.2, 0) is 5.75 Å². The van der Waals surface area contributed by atoms with E-state index in [1.54, 1.807) is 11.1 Å². The van der Waals surface area contributed by atoms with E-state index < -0.39 is 0 Å². The minimum atomic E-state index is 0.545. The maximum atomic E-state index is 3.41. The van der Waals surface area contributed by atoms with Crippen LogP contribution in [0.15, 0.2) is 12.1 Å². The SMILES string of the molecule is CNC1CSCc2c(C)ccc(C)c21. The van der Waals surface area contributed by atoms with Crippen LogP contribution in [0.2, 0.25) is 0 Å². The van der Waals surface area contributed by atoms with Gasteiger partial charge in [-0.15, -0.1) is 0 Å². The zero-order chi connectivity index (χ0) is 10.1. The molecule has 1 heterocycles. The van der Waals surface area contributed by atoms with Crippen LogP contribution in [0.5, 0.6) is 0 Å². The average Bonchev–Trinajstić information content (AvgIpc) is 2.23. The van der Waals surface area contributed by atoms with Gasteiger partial charge in [0.1, 0.15) is 0 Å². The minimum absolute atomic E-state index is 0.545. The summed E-state index contributed by atoms with van der Waals surface area (Å²) in [6.07, 6.45) is 0. The molecule has 0 saturated heterocycles. The number of nitrogens with one attached hydrogen (secondary N) is 1. The predicted octanol–water partition coefficient (Wildman–Crippen LogP) is 2.81. The van der Waals surface area contributed by atoms with E-state index in [1.165, 1.54) is 22.6 Å². The molecule has 1 aromatic rings. The first kappa shape index (κ1) is 10.1. The Kier molecular flexibility index (Phi) is 2.84. The lowest BCUT2D eigenvalue weighted by Gasteiger charge is -2.28. The van der Waals surface area contributed by atoms with Gasteiger partial charge in [-0.25, -0.2) is 0 Å². The highest BCUT2D eigenvalue weighted by Crippen LogP contribution is 2.35. The highest BCUT2D eigenvalue weighted by Gasteiger charge is 2.21. The average molecular weight is 207 g/mol. The van der Waals surface area contributed by atoms with Gasteiger partial charge in [0, 0.05) is 17.5 Å². The van der Waals surface area contributed by atoms with Gasteiger partial charge in [-0.2, -0.15) is 11.8 Å². The Balaban J connectivity index is 2.55. The van der Waals surface area contributed by atoms with Crippen molar-refractivity contribution in [2.45, 2.75) is 25.6 Å². The maximum Gasteiger partial charge on any atom is 0.0415 e. The summed E-state index contributed by atoms with van der Waals surface area (Å²) in [5.41, 5.74) is 5.98. The molecule has 0 spiro atoms. The minimum Gasteiger partial charge on any atom is -0.312 e. The molecule has 1 unspecified atom stereocenters. The van der Waals surface area contributed by atoms with Crippen molar-refractivity contribution in [1.29, 1.82) is 0 Å². The van der Waals surface area contributed by atoms with Crippen LogP contribution in [-0.4, -0.2) is 12.8 Å². The lowest BCUT2D eigenvalue weighted by Crippen LogP contribution is -2.24. The van der Waals surface area contributed by atoms with E-state index in [0.717, 1.165) is 0 Å². The molecular formula is C12H17NS. The topological polar surface area (TPSA) is 12.0 Å². The van der Waals surface area contributed by atoms with Crippen molar-refractivity contribution in [3.8, 4) is 0 Å². The number of hydrogen-bond donors (Lipinski definition) is 1. The third kappa shape index (κ3) is 1.57. The number of aryl methyl sites for hydroxylation is 2. The Hall–Kier alpha value is -0.470. The molecule has 0 aliphatic carbocycles. The predicted molar refractivity (Wildman–Crippen MR) is 63.9 cm³/mol. The van der Waals surface area contributed by atoms with Crippen molar-refractivity contribution < 1.29 is 0 Å². The molecule has 1 nitrogen and oxygen atoms in total. The Morgan fingerprint density at radius 1 is 1.29 bits per heavy atom. The van der Waals surface area contributed by atoms with Crippen molar-refractivity contribution >= 4 is 11.8 Å². The molecule has 0 aromatic heterocycles. The van der Waals surface area contributed by atoms with Crippen LogP contribution in [0.25, 0.3) is 0 Å². The number of benzene rings is 1. The van der Waals surface area contributed by atoms with Gasteiger partial charge in [0.2, 0.25) is 0 Å². The summed E-state index contributed by atoms with van der Waals surface area (Å²) in [5.74, 6) is 2.38. The summed E-state index contributed by atoms with van der Waals surface area (Å²) in [4.78, 5) is 0. The van der Waals surface area contributed by atoms with Crippen LogP contribution in [0.1, 0.15) is 28.3 Å². The molecule has 0 bridgehead atoms. The van der Waals surface area contributed by atoms with Gasteiger partial charge in [-0.3, -0.25) is 0 Å². The van der Waals surface area contributed by atoms with Crippen molar-refractivity contribution in [2.75, 3.05) is 12.8 Å². The fourth-order valence-corrected chi connectivity index (χ4v) is 3.43. The van der Waals surface area contributed by atoms with E-state index in [9.17, 15) is 0 Å². The van der Waals surface area contributed by atoms with Gasteiger partial charge in [0.15, 0.2) is 0 Å².